The minimum absolute atomic E-state index is 0.0237. The molecule has 0 aromatic heterocycles. The maximum atomic E-state index is 11.9. The molecule has 0 spiro atoms. The Kier molecular flexibility index (Phi) is 5.17. The number of nitrogens with two attached hydrogens (primary N) is 1. The van der Waals surface area contributed by atoms with Crippen LogP contribution < -0.4 is 10.5 Å². The lowest BCUT2D eigenvalue weighted by Gasteiger charge is -2.17. The number of carbonyl (C=O) groups excluding carboxylic acids is 1. The Morgan fingerprint density at radius 1 is 1.24 bits per heavy atom. The Balaban J connectivity index is 2.26. The largest absolute Gasteiger partial charge is 0.483 e. The van der Waals surface area contributed by atoms with E-state index in [2.05, 4.69) is 12.1 Å². The van der Waals surface area contributed by atoms with E-state index in [0.717, 1.165) is 28.5 Å². The smallest absolute Gasteiger partial charge is 0.260 e. The Morgan fingerprint density at radius 3 is 2.71 bits per heavy atom. The Bertz CT molecular complexity index is 625. The van der Waals surface area contributed by atoms with Gasteiger partial charge >= 0.3 is 0 Å². The summed E-state index contributed by atoms with van der Waals surface area (Å²) in [4.78, 5) is 13.5. The Morgan fingerprint density at radius 2 is 2.00 bits per heavy atom. The lowest BCUT2D eigenvalue weighted by atomic mass is 10.0. The first-order chi connectivity index (χ1) is 10.2. The average molecular weight is 286 g/mol. The standard InChI is InChI=1S/C17H22N2O2/c1-3-19(2)17(20)12-21-16-9-8-13-6-4-5-7-14(13)15(16)10-11-18/h4-9H,3,10-12,18H2,1-2H3. The maximum absolute atomic E-state index is 11.9. The number of ether oxygens (including phenoxy) is 1. The van der Waals surface area contributed by atoms with Crippen LogP contribution in [0.5, 0.6) is 5.75 Å². The van der Waals surface area contributed by atoms with Gasteiger partial charge in [-0.1, -0.05) is 30.3 Å². The van der Waals surface area contributed by atoms with Crippen LogP contribution in [0.2, 0.25) is 0 Å². The molecule has 4 nitrogen and oxygen atoms in total. The summed E-state index contributed by atoms with van der Waals surface area (Å²) < 4.78 is 5.74. The van der Waals surface area contributed by atoms with Crippen LogP contribution in [0.15, 0.2) is 36.4 Å². The molecule has 0 bridgehead atoms. The van der Waals surface area contributed by atoms with E-state index in [1.807, 2.05) is 31.2 Å². The molecule has 2 aromatic rings. The molecular formula is C17H22N2O2. The second-order valence-corrected chi connectivity index (χ2v) is 5.00. The number of hydrogen-bond donors (Lipinski definition) is 1. The van der Waals surface area contributed by atoms with E-state index in [-0.39, 0.29) is 12.5 Å². The predicted molar refractivity (Wildman–Crippen MR) is 85.5 cm³/mol. The van der Waals surface area contributed by atoms with E-state index >= 15 is 0 Å². The van der Waals surface area contributed by atoms with Crippen molar-refractivity contribution in [2.45, 2.75) is 13.3 Å². The van der Waals surface area contributed by atoms with Gasteiger partial charge in [0.25, 0.3) is 5.91 Å². The third-order valence-electron chi connectivity index (χ3n) is 3.64. The number of likely N-dealkylation sites (N-methyl/N-ethyl adjacent to an activating group) is 1. The number of amides is 1. The summed E-state index contributed by atoms with van der Waals surface area (Å²) in [6.07, 6.45) is 0.731. The molecule has 112 valence electrons. The molecule has 0 radical (unpaired) electrons. The summed E-state index contributed by atoms with van der Waals surface area (Å²) in [6, 6.07) is 12.1. The quantitative estimate of drug-likeness (QED) is 0.885. The van der Waals surface area contributed by atoms with Gasteiger partial charge < -0.3 is 15.4 Å². The van der Waals surface area contributed by atoms with Gasteiger partial charge in [0.2, 0.25) is 0 Å². The van der Waals surface area contributed by atoms with Gasteiger partial charge in [0, 0.05) is 19.2 Å². The average Bonchev–Trinajstić information content (AvgIpc) is 2.53. The molecule has 2 N–H and O–H groups in total. The van der Waals surface area contributed by atoms with E-state index in [9.17, 15) is 4.79 Å². The molecule has 2 rings (SSSR count). The van der Waals surface area contributed by atoms with E-state index in [4.69, 9.17) is 10.5 Å². The molecule has 0 fully saturated rings. The summed E-state index contributed by atoms with van der Waals surface area (Å²) in [5.41, 5.74) is 6.79. The molecule has 0 aliphatic rings. The van der Waals surface area contributed by atoms with Crippen molar-refractivity contribution in [2.24, 2.45) is 5.73 Å². The molecule has 0 aliphatic carbocycles. The zero-order chi connectivity index (χ0) is 15.2. The van der Waals surface area contributed by atoms with Gasteiger partial charge in [-0.15, -0.1) is 0 Å². The highest BCUT2D eigenvalue weighted by Gasteiger charge is 2.11. The number of nitrogens with zero attached hydrogens (tertiary/aromatic N) is 1. The number of benzene rings is 2. The normalized spacial score (nSPS) is 10.6. The molecule has 0 unspecified atom stereocenters. The SMILES string of the molecule is CCN(C)C(=O)COc1ccc2ccccc2c1CCN. The summed E-state index contributed by atoms with van der Waals surface area (Å²) in [5, 5.41) is 2.29. The fourth-order valence-electron chi connectivity index (χ4n) is 2.28. The van der Waals surface area contributed by atoms with E-state index in [1.165, 1.54) is 0 Å². The highest BCUT2D eigenvalue weighted by Crippen LogP contribution is 2.28. The first-order valence-corrected chi connectivity index (χ1v) is 7.24. The fourth-order valence-corrected chi connectivity index (χ4v) is 2.28. The lowest BCUT2D eigenvalue weighted by Crippen LogP contribution is -2.31. The molecule has 0 saturated carbocycles. The number of rotatable bonds is 6. The third-order valence-corrected chi connectivity index (χ3v) is 3.64. The molecule has 1 amide bonds. The topological polar surface area (TPSA) is 55.6 Å². The fraction of sp³-hybridized carbons (Fsp3) is 0.353. The van der Waals surface area contributed by atoms with Crippen molar-refractivity contribution in [1.29, 1.82) is 0 Å². The molecule has 4 heteroatoms. The summed E-state index contributed by atoms with van der Waals surface area (Å²) in [6.45, 7) is 3.22. The van der Waals surface area contributed by atoms with Gasteiger partial charge in [-0.3, -0.25) is 4.79 Å². The predicted octanol–water partition coefficient (Wildman–Crippen LogP) is 2.20. The Hall–Kier alpha value is -2.07. The minimum Gasteiger partial charge on any atom is -0.483 e. The highest BCUT2D eigenvalue weighted by molar-refractivity contribution is 5.88. The summed E-state index contributed by atoms with van der Waals surface area (Å²) >= 11 is 0. The highest BCUT2D eigenvalue weighted by atomic mass is 16.5. The molecule has 0 heterocycles. The van der Waals surface area contributed by atoms with Crippen molar-refractivity contribution in [3.8, 4) is 5.75 Å². The molecule has 0 atom stereocenters. The Labute approximate surface area is 125 Å². The number of fused-ring (bicyclic) bond motifs is 1. The van der Waals surface area contributed by atoms with E-state index < -0.39 is 0 Å². The molecule has 2 aromatic carbocycles. The zero-order valence-corrected chi connectivity index (χ0v) is 12.6. The van der Waals surface area contributed by atoms with Crippen molar-refractivity contribution in [2.75, 3.05) is 26.7 Å². The second kappa shape index (κ2) is 7.09. The van der Waals surface area contributed by atoms with Crippen LogP contribution in [0.3, 0.4) is 0 Å². The van der Waals surface area contributed by atoms with E-state index in [1.54, 1.807) is 11.9 Å². The molecule has 0 saturated heterocycles. The number of carbonyl (C=O) groups is 1. The van der Waals surface area contributed by atoms with Gasteiger partial charge in [0.15, 0.2) is 6.61 Å². The zero-order valence-electron chi connectivity index (χ0n) is 12.6. The van der Waals surface area contributed by atoms with Crippen LogP contribution in [0.1, 0.15) is 12.5 Å². The first-order valence-electron chi connectivity index (χ1n) is 7.24. The summed E-state index contributed by atoms with van der Waals surface area (Å²) in [7, 11) is 1.77. The molecular weight excluding hydrogens is 264 g/mol. The van der Waals surface area contributed by atoms with E-state index in [0.29, 0.717) is 13.1 Å². The third kappa shape index (κ3) is 3.52. The van der Waals surface area contributed by atoms with Crippen LogP contribution in [0, 0.1) is 0 Å². The van der Waals surface area contributed by atoms with Gasteiger partial charge in [0.1, 0.15) is 5.75 Å². The van der Waals surface area contributed by atoms with Crippen molar-refractivity contribution in [3.05, 3.63) is 42.0 Å². The van der Waals surface area contributed by atoms with Crippen LogP contribution >= 0.6 is 0 Å². The van der Waals surface area contributed by atoms with Crippen LogP contribution in [-0.4, -0.2) is 37.6 Å². The second-order valence-electron chi connectivity index (χ2n) is 5.00. The van der Waals surface area contributed by atoms with Gasteiger partial charge in [-0.2, -0.15) is 0 Å². The van der Waals surface area contributed by atoms with Crippen molar-refractivity contribution in [1.82, 2.24) is 4.90 Å². The van der Waals surface area contributed by atoms with Crippen LogP contribution in [0.25, 0.3) is 10.8 Å². The first kappa shape index (κ1) is 15.3. The molecule has 21 heavy (non-hydrogen) atoms. The van der Waals surface area contributed by atoms with Crippen molar-refractivity contribution < 1.29 is 9.53 Å². The van der Waals surface area contributed by atoms with Gasteiger partial charge in [0.05, 0.1) is 0 Å². The minimum atomic E-state index is -0.0237. The van der Waals surface area contributed by atoms with Crippen LogP contribution in [0.4, 0.5) is 0 Å². The number of hydrogen-bond acceptors (Lipinski definition) is 3. The van der Waals surface area contributed by atoms with Gasteiger partial charge in [-0.05, 0) is 36.7 Å². The molecule has 0 aliphatic heterocycles. The van der Waals surface area contributed by atoms with Crippen molar-refractivity contribution in [3.63, 3.8) is 0 Å². The summed E-state index contributed by atoms with van der Waals surface area (Å²) in [5.74, 6) is 0.723. The lowest BCUT2D eigenvalue weighted by molar-refractivity contribution is -0.131. The van der Waals surface area contributed by atoms with Gasteiger partial charge in [-0.25, -0.2) is 0 Å². The van der Waals surface area contributed by atoms with Crippen LogP contribution in [-0.2, 0) is 11.2 Å². The maximum Gasteiger partial charge on any atom is 0.260 e. The monoisotopic (exact) mass is 286 g/mol. The van der Waals surface area contributed by atoms with Crippen molar-refractivity contribution >= 4 is 16.7 Å².